The molecule has 0 aliphatic carbocycles. The highest BCUT2D eigenvalue weighted by Crippen LogP contribution is 2.26. The van der Waals surface area contributed by atoms with Gasteiger partial charge in [0.15, 0.2) is 0 Å². The lowest BCUT2D eigenvalue weighted by atomic mass is 10.0. The minimum atomic E-state index is 0.241. The number of aromatic nitrogens is 4. The quantitative estimate of drug-likeness (QED) is 0.727. The van der Waals surface area contributed by atoms with E-state index in [9.17, 15) is 0 Å². The fraction of sp³-hybridized carbons (Fsp3) is 0.529. The molecule has 2 atom stereocenters. The summed E-state index contributed by atoms with van der Waals surface area (Å²) in [7, 11) is 3.91. The first-order valence-corrected chi connectivity index (χ1v) is 8.07. The van der Waals surface area contributed by atoms with Crippen molar-refractivity contribution in [2.75, 3.05) is 13.2 Å². The Morgan fingerprint density at radius 2 is 1.91 bits per heavy atom. The number of ether oxygens (including phenoxy) is 1. The van der Waals surface area contributed by atoms with Gasteiger partial charge in [0.05, 0.1) is 25.1 Å². The van der Waals surface area contributed by atoms with Gasteiger partial charge in [0.2, 0.25) is 0 Å². The smallest absolute Gasteiger partial charge is 0.0750 e. The Balaban J connectivity index is 1.72. The predicted molar refractivity (Wildman–Crippen MR) is 88.9 cm³/mol. The molecule has 2 aromatic heterocycles. The van der Waals surface area contributed by atoms with E-state index in [1.807, 2.05) is 41.9 Å². The van der Waals surface area contributed by atoms with Gasteiger partial charge in [-0.15, -0.1) is 6.58 Å². The van der Waals surface area contributed by atoms with Gasteiger partial charge in [-0.2, -0.15) is 10.2 Å². The minimum Gasteiger partial charge on any atom is -0.372 e. The number of hydrogen-bond donors (Lipinski definition) is 0. The zero-order valence-corrected chi connectivity index (χ0v) is 13.9. The van der Waals surface area contributed by atoms with Crippen LogP contribution in [0.5, 0.6) is 0 Å². The van der Waals surface area contributed by atoms with Crippen molar-refractivity contribution in [3.63, 3.8) is 0 Å². The molecule has 0 unspecified atom stereocenters. The topological polar surface area (TPSA) is 48.1 Å². The normalized spacial score (nSPS) is 21.8. The number of aryl methyl sites for hydroxylation is 2. The van der Waals surface area contributed by atoms with Gasteiger partial charge in [-0.3, -0.25) is 14.3 Å². The monoisotopic (exact) mass is 315 g/mol. The zero-order valence-electron chi connectivity index (χ0n) is 13.9. The summed E-state index contributed by atoms with van der Waals surface area (Å²) in [6.45, 7) is 6.32. The Morgan fingerprint density at radius 3 is 2.52 bits per heavy atom. The van der Waals surface area contributed by atoms with E-state index in [4.69, 9.17) is 4.74 Å². The van der Waals surface area contributed by atoms with Gasteiger partial charge in [-0.05, 0) is 18.4 Å². The van der Waals surface area contributed by atoms with Crippen LogP contribution in [0.1, 0.15) is 17.5 Å². The fourth-order valence-electron chi connectivity index (χ4n) is 3.34. The summed E-state index contributed by atoms with van der Waals surface area (Å²) < 4.78 is 9.72. The van der Waals surface area contributed by atoms with Crippen LogP contribution >= 0.6 is 0 Å². The van der Waals surface area contributed by atoms with Gasteiger partial charge in [0.1, 0.15) is 0 Å². The van der Waals surface area contributed by atoms with Crippen LogP contribution in [0.4, 0.5) is 0 Å². The molecule has 0 spiro atoms. The van der Waals surface area contributed by atoms with Crippen molar-refractivity contribution >= 4 is 0 Å². The molecule has 0 aromatic carbocycles. The molecular formula is C17H25N5O. The Morgan fingerprint density at radius 1 is 1.22 bits per heavy atom. The van der Waals surface area contributed by atoms with Crippen LogP contribution in [0.25, 0.3) is 0 Å². The van der Waals surface area contributed by atoms with Crippen molar-refractivity contribution in [1.29, 1.82) is 0 Å². The van der Waals surface area contributed by atoms with Crippen LogP contribution < -0.4 is 0 Å². The minimum absolute atomic E-state index is 0.241. The molecule has 0 bridgehead atoms. The Kier molecular flexibility index (Phi) is 4.93. The number of likely N-dealkylation sites (tertiary alicyclic amines) is 1. The van der Waals surface area contributed by atoms with Crippen molar-refractivity contribution in [2.24, 2.45) is 14.1 Å². The fourth-order valence-corrected chi connectivity index (χ4v) is 3.34. The van der Waals surface area contributed by atoms with Gasteiger partial charge in [-0.25, -0.2) is 0 Å². The van der Waals surface area contributed by atoms with Crippen LogP contribution in [0.3, 0.4) is 0 Å². The molecule has 3 rings (SSSR count). The van der Waals surface area contributed by atoms with E-state index >= 15 is 0 Å². The third kappa shape index (κ3) is 3.89. The average Bonchev–Trinajstić information content (AvgIpc) is 3.21. The van der Waals surface area contributed by atoms with E-state index in [0.717, 1.165) is 25.9 Å². The molecule has 0 saturated carbocycles. The van der Waals surface area contributed by atoms with Crippen molar-refractivity contribution in [3.05, 3.63) is 48.6 Å². The van der Waals surface area contributed by atoms with E-state index in [2.05, 4.69) is 34.1 Å². The van der Waals surface area contributed by atoms with Crippen molar-refractivity contribution in [3.8, 4) is 0 Å². The lowest BCUT2D eigenvalue weighted by molar-refractivity contribution is 0.0421. The van der Waals surface area contributed by atoms with E-state index in [1.54, 1.807) is 0 Å². The number of nitrogens with zero attached hydrogens (tertiary/aromatic N) is 5. The van der Waals surface area contributed by atoms with E-state index in [0.29, 0.717) is 12.6 Å². The number of hydrogen-bond acceptors (Lipinski definition) is 4. The van der Waals surface area contributed by atoms with E-state index in [-0.39, 0.29) is 6.10 Å². The van der Waals surface area contributed by atoms with Crippen molar-refractivity contribution in [1.82, 2.24) is 24.5 Å². The highest BCUT2D eigenvalue weighted by atomic mass is 16.5. The molecule has 1 fully saturated rings. The summed E-state index contributed by atoms with van der Waals surface area (Å²) in [5.41, 5.74) is 2.50. The first-order chi connectivity index (χ1) is 11.2. The second kappa shape index (κ2) is 7.10. The first kappa shape index (κ1) is 16.0. The standard InChI is InChI=1S/C17H25N5O/c1-4-7-23-17-5-6-22(13-15-10-19-21(3)12-15)16(17)8-14-9-18-20(2)11-14/h4,9-12,16-17H,1,5-8,13H2,2-3H3/t16-,17+/m0/s1. The van der Waals surface area contributed by atoms with Crippen LogP contribution in [0.15, 0.2) is 37.4 Å². The lowest BCUT2D eigenvalue weighted by Gasteiger charge is -2.27. The Bertz CT molecular complexity index is 647. The molecule has 2 aromatic rings. The summed E-state index contributed by atoms with van der Waals surface area (Å²) in [6.07, 6.45) is 12.1. The third-order valence-electron chi connectivity index (χ3n) is 4.37. The largest absolute Gasteiger partial charge is 0.372 e. The zero-order chi connectivity index (χ0) is 16.2. The molecule has 1 aliphatic rings. The lowest BCUT2D eigenvalue weighted by Crippen LogP contribution is -2.37. The second-order valence-electron chi connectivity index (χ2n) is 6.24. The first-order valence-electron chi connectivity index (χ1n) is 8.07. The summed E-state index contributed by atoms with van der Waals surface area (Å²) >= 11 is 0. The third-order valence-corrected chi connectivity index (χ3v) is 4.37. The molecular weight excluding hydrogens is 290 g/mol. The van der Waals surface area contributed by atoms with Crippen LogP contribution in [0.2, 0.25) is 0 Å². The van der Waals surface area contributed by atoms with Gasteiger partial charge < -0.3 is 4.74 Å². The molecule has 6 heteroatoms. The number of rotatable bonds is 7. The summed E-state index contributed by atoms with van der Waals surface area (Å²) in [5.74, 6) is 0. The summed E-state index contributed by atoms with van der Waals surface area (Å²) in [6, 6.07) is 0.361. The summed E-state index contributed by atoms with van der Waals surface area (Å²) in [5, 5.41) is 8.56. The second-order valence-corrected chi connectivity index (χ2v) is 6.24. The maximum atomic E-state index is 6.01. The SMILES string of the molecule is C=CCO[C@@H]1CCN(Cc2cnn(C)c2)[C@H]1Cc1cnn(C)c1. The molecule has 0 radical (unpaired) electrons. The molecule has 6 nitrogen and oxygen atoms in total. The molecule has 3 heterocycles. The highest BCUT2D eigenvalue weighted by Gasteiger charge is 2.35. The maximum absolute atomic E-state index is 6.01. The average molecular weight is 315 g/mol. The van der Waals surface area contributed by atoms with E-state index in [1.165, 1.54) is 11.1 Å². The molecule has 0 amide bonds. The van der Waals surface area contributed by atoms with Gasteiger partial charge in [0.25, 0.3) is 0 Å². The van der Waals surface area contributed by atoms with Crippen LogP contribution in [-0.2, 0) is 31.8 Å². The highest BCUT2D eigenvalue weighted by molar-refractivity contribution is 5.11. The predicted octanol–water partition coefficient (Wildman–Crippen LogP) is 1.54. The van der Waals surface area contributed by atoms with Gasteiger partial charge >= 0.3 is 0 Å². The van der Waals surface area contributed by atoms with Crippen LogP contribution in [-0.4, -0.2) is 49.8 Å². The molecule has 124 valence electrons. The molecule has 1 saturated heterocycles. The van der Waals surface area contributed by atoms with Crippen LogP contribution in [0, 0.1) is 0 Å². The summed E-state index contributed by atoms with van der Waals surface area (Å²) in [4.78, 5) is 2.50. The van der Waals surface area contributed by atoms with Gasteiger partial charge in [0, 0.05) is 51.2 Å². The molecule has 1 aliphatic heterocycles. The van der Waals surface area contributed by atoms with Crippen molar-refractivity contribution < 1.29 is 4.74 Å². The maximum Gasteiger partial charge on any atom is 0.0750 e. The van der Waals surface area contributed by atoms with Crippen molar-refractivity contribution in [2.45, 2.75) is 31.5 Å². The molecule has 23 heavy (non-hydrogen) atoms. The molecule has 0 N–H and O–H groups in total. The Hall–Kier alpha value is -1.92. The Labute approximate surface area is 137 Å². The van der Waals surface area contributed by atoms with Gasteiger partial charge in [-0.1, -0.05) is 6.08 Å². The van der Waals surface area contributed by atoms with E-state index < -0.39 is 0 Å².